The van der Waals surface area contributed by atoms with Crippen molar-refractivity contribution >= 4 is 29.9 Å². The Balaban J connectivity index is 0.00000320. The molecule has 8 heteroatoms. The number of aromatic nitrogens is 2. The van der Waals surface area contributed by atoms with Crippen molar-refractivity contribution in [3.63, 3.8) is 0 Å². The topological polar surface area (TPSA) is 84.6 Å². The molecular formula is C22H28IN5O2. The Bertz CT molecular complexity index is 941. The fourth-order valence-corrected chi connectivity index (χ4v) is 2.68. The van der Waals surface area contributed by atoms with E-state index in [1.165, 1.54) is 5.56 Å². The summed E-state index contributed by atoms with van der Waals surface area (Å²) in [6.45, 7) is 5.83. The van der Waals surface area contributed by atoms with E-state index in [4.69, 9.17) is 9.15 Å². The highest BCUT2D eigenvalue weighted by Crippen LogP contribution is 2.19. The van der Waals surface area contributed by atoms with E-state index in [0.717, 1.165) is 23.2 Å². The first-order chi connectivity index (χ1) is 14.2. The van der Waals surface area contributed by atoms with Gasteiger partial charge in [0.15, 0.2) is 5.96 Å². The van der Waals surface area contributed by atoms with E-state index >= 15 is 0 Å². The van der Waals surface area contributed by atoms with E-state index in [2.05, 4.69) is 39.4 Å². The molecule has 0 aliphatic heterocycles. The number of hydrogen-bond donors (Lipinski definition) is 2. The van der Waals surface area contributed by atoms with Crippen molar-refractivity contribution in [2.75, 3.05) is 13.7 Å². The zero-order valence-electron chi connectivity index (χ0n) is 17.5. The van der Waals surface area contributed by atoms with Crippen LogP contribution in [0.25, 0.3) is 11.5 Å². The standard InChI is InChI=1S/C22H27N5O2.HI/c1-4-12-28-20-18(6-5-11-24-20)13-25-22(23-3)26-14-19-15-29-21(27-19)17-9-7-16(2)8-10-17;/h5-11,15H,4,12-14H2,1-3H3,(H2,23,25,26);1H. The van der Waals surface area contributed by atoms with Gasteiger partial charge in [0.25, 0.3) is 0 Å². The van der Waals surface area contributed by atoms with Crippen LogP contribution in [0.3, 0.4) is 0 Å². The van der Waals surface area contributed by atoms with Crippen LogP contribution in [0, 0.1) is 6.92 Å². The second-order valence-corrected chi connectivity index (χ2v) is 6.61. The normalized spacial score (nSPS) is 11.0. The van der Waals surface area contributed by atoms with Gasteiger partial charge in [-0.25, -0.2) is 9.97 Å². The van der Waals surface area contributed by atoms with Crippen molar-refractivity contribution in [3.8, 4) is 17.3 Å². The number of aliphatic imine (C=N–C) groups is 1. The van der Waals surface area contributed by atoms with E-state index in [1.807, 2.05) is 36.4 Å². The molecule has 2 heterocycles. The molecule has 0 aliphatic rings. The van der Waals surface area contributed by atoms with E-state index in [1.54, 1.807) is 19.5 Å². The van der Waals surface area contributed by atoms with Crippen LogP contribution in [-0.2, 0) is 13.1 Å². The molecule has 0 saturated carbocycles. The number of rotatable bonds is 8. The quantitative estimate of drug-likeness (QED) is 0.261. The molecule has 0 bridgehead atoms. The van der Waals surface area contributed by atoms with Gasteiger partial charge in [-0.15, -0.1) is 24.0 Å². The number of hydrogen-bond acceptors (Lipinski definition) is 5. The molecule has 7 nitrogen and oxygen atoms in total. The maximum atomic E-state index is 5.70. The SMILES string of the molecule is CCCOc1ncccc1CNC(=NC)NCc1coc(-c2ccc(C)cc2)n1.I. The Labute approximate surface area is 194 Å². The van der Waals surface area contributed by atoms with Crippen molar-refractivity contribution in [1.29, 1.82) is 0 Å². The number of pyridine rings is 1. The van der Waals surface area contributed by atoms with Crippen LogP contribution in [0.4, 0.5) is 0 Å². The molecule has 2 aromatic heterocycles. The number of nitrogens with one attached hydrogen (secondary N) is 2. The van der Waals surface area contributed by atoms with Crippen LogP contribution >= 0.6 is 24.0 Å². The van der Waals surface area contributed by atoms with E-state index in [0.29, 0.717) is 37.4 Å². The van der Waals surface area contributed by atoms with E-state index < -0.39 is 0 Å². The molecule has 0 fully saturated rings. The second kappa shape index (κ2) is 12.2. The third-order valence-electron chi connectivity index (χ3n) is 4.25. The summed E-state index contributed by atoms with van der Waals surface area (Å²) in [5, 5.41) is 6.53. The third kappa shape index (κ3) is 6.72. The molecule has 0 radical (unpaired) electrons. The van der Waals surface area contributed by atoms with Gasteiger partial charge in [0.05, 0.1) is 18.8 Å². The number of nitrogens with zero attached hydrogens (tertiary/aromatic N) is 3. The number of halogens is 1. The van der Waals surface area contributed by atoms with Gasteiger partial charge in [-0.05, 0) is 31.5 Å². The Morgan fingerprint density at radius 1 is 1.13 bits per heavy atom. The minimum Gasteiger partial charge on any atom is -0.477 e. The van der Waals surface area contributed by atoms with Crippen molar-refractivity contribution in [2.45, 2.75) is 33.4 Å². The number of aryl methyl sites for hydroxylation is 1. The van der Waals surface area contributed by atoms with Gasteiger partial charge in [0.1, 0.15) is 6.26 Å². The fourth-order valence-electron chi connectivity index (χ4n) is 2.68. The van der Waals surface area contributed by atoms with Gasteiger partial charge in [-0.3, -0.25) is 4.99 Å². The average Bonchev–Trinajstić information content (AvgIpc) is 3.22. The van der Waals surface area contributed by atoms with Gasteiger partial charge in [-0.2, -0.15) is 0 Å². The van der Waals surface area contributed by atoms with Gasteiger partial charge >= 0.3 is 0 Å². The minimum atomic E-state index is 0. The Hall–Kier alpha value is -2.62. The predicted octanol–water partition coefficient (Wildman–Crippen LogP) is 4.32. The monoisotopic (exact) mass is 521 g/mol. The van der Waals surface area contributed by atoms with Crippen molar-refractivity contribution < 1.29 is 9.15 Å². The molecule has 3 rings (SSSR count). The highest BCUT2D eigenvalue weighted by molar-refractivity contribution is 14.0. The number of benzene rings is 1. The molecule has 0 atom stereocenters. The van der Waals surface area contributed by atoms with Gasteiger partial charge in [0.2, 0.25) is 11.8 Å². The molecule has 0 amide bonds. The second-order valence-electron chi connectivity index (χ2n) is 6.61. The molecule has 0 spiro atoms. The fraction of sp³-hybridized carbons (Fsp3) is 0.318. The predicted molar refractivity (Wildman–Crippen MR) is 129 cm³/mol. The Morgan fingerprint density at radius 3 is 2.63 bits per heavy atom. The summed E-state index contributed by atoms with van der Waals surface area (Å²) in [5.41, 5.74) is 3.94. The van der Waals surface area contributed by atoms with Crippen LogP contribution in [0.15, 0.2) is 58.3 Å². The largest absolute Gasteiger partial charge is 0.477 e. The average molecular weight is 521 g/mol. The highest BCUT2D eigenvalue weighted by atomic mass is 127. The zero-order valence-corrected chi connectivity index (χ0v) is 19.8. The van der Waals surface area contributed by atoms with Crippen molar-refractivity contribution in [3.05, 3.63) is 65.7 Å². The van der Waals surface area contributed by atoms with Gasteiger partial charge in [-0.1, -0.05) is 30.7 Å². The number of ether oxygens (including phenoxy) is 1. The summed E-state index contributed by atoms with van der Waals surface area (Å²) >= 11 is 0. The Kier molecular flexibility index (Phi) is 9.59. The maximum Gasteiger partial charge on any atom is 0.226 e. The maximum absolute atomic E-state index is 5.70. The molecule has 0 saturated heterocycles. The first kappa shape index (κ1) is 23.7. The summed E-state index contributed by atoms with van der Waals surface area (Å²) in [4.78, 5) is 13.1. The van der Waals surface area contributed by atoms with Crippen LogP contribution in [0.5, 0.6) is 5.88 Å². The molecule has 1 aromatic carbocycles. The smallest absolute Gasteiger partial charge is 0.226 e. The Morgan fingerprint density at radius 2 is 1.90 bits per heavy atom. The summed E-state index contributed by atoms with van der Waals surface area (Å²) in [6, 6.07) is 12.0. The number of guanidine groups is 1. The lowest BCUT2D eigenvalue weighted by Gasteiger charge is -2.13. The summed E-state index contributed by atoms with van der Waals surface area (Å²) in [7, 11) is 1.73. The number of oxazole rings is 1. The molecule has 2 N–H and O–H groups in total. The summed E-state index contributed by atoms with van der Waals surface area (Å²) in [5.74, 6) is 1.92. The lowest BCUT2D eigenvalue weighted by molar-refractivity contribution is 0.301. The molecule has 0 unspecified atom stereocenters. The first-order valence-electron chi connectivity index (χ1n) is 9.72. The molecule has 3 aromatic rings. The molecule has 160 valence electrons. The van der Waals surface area contributed by atoms with Crippen molar-refractivity contribution in [1.82, 2.24) is 20.6 Å². The van der Waals surface area contributed by atoms with Crippen LogP contribution in [0.2, 0.25) is 0 Å². The van der Waals surface area contributed by atoms with Gasteiger partial charge in [0, 0.05) is 30.9 Å². The van der Waals surface area contributed by atoms with E-state index in [9.17, 15) is 0 Å². The highest BCUT2D eigenvalue weighted by Gasteiger charge is 2.09. The summed E-state index contributed by atoms with van der Waals surface area (Å²) in [6.07, 6.45) is 4.33. The van der Waals surface area contributed by atoms with Crippen LogP contribution in [-0.4, -0.2) is 29.6 Å². The van der Waals surface area contributed by atoms with Crippen molar-refractivity contribution in [2.24, 2.45) is 4.99 Å². The lowest BCUT2D eigenvalue weighted by Crippen LogP contribution is -2.36. The van der Waals surface area contributed by atoms with Crippen LogP contribution < -0.4 is 15.4 Å². The third-order valence-corrected chi connectivity index (χ3v) is 4.25. The zero-order chi connectivity index (χ0) is 20.5. The van der Waals surface area contributed by atoms with Gasteiger partial charge < -0.3 is 19.8 Å². The van der Waals surface area contributed by atoms with E-state index in [-0.39, 0.29) is 24.0 Å². The van der Waals surface area contributed by atoms with Crippen LogP contribution in [0.1, 0.15) is 30.2 Å². The minimum absolute atomic E-state index is 0. The summed E-state index contributed by atoms with van der Waals surface area (Å²) < 4.78 is 11.3. The molecule has 30 heavy (non-hydrogen) atoms. The molecular weight excluding hydrogens is 493 g/mol. The first-order valence-corrected chi connectivity index (χ1v) is 9.72. The lowest BCUT2D eigenvalue weighted by atomic mass is 10.1. The molecule has 0 aliphatic carbocycles.